The highest BCUT2D eigenvalue weighted by Gasteiger charge is 2.14. The third kappa shape index (κ3) is 2.93. The molecule has 0 N–H and O–H groups in total. The molecule has 0 aliphatic heterocycles. The van der Waals surface area contributed by atoms with E-state index in [2.05, 4.69) is 6.92 Å². The molecule has 0 aliphatic carbocycles. The zero-order valence-corrected chi connectivity index (χ0v) is 13.2. The maximum atomic E-state index is 14.8. The zero-order chi connectivity index (χ0) is 16.6. The lowest BCUT2D eigenvalue weighted by atomic mass is 9.98. The van der Waals surface area contributed by atoms with Crippen LogP contribution in [0, 0.1) is 17.5 Å². The highest BCUT2D eigenvalue weighted by Crippen LogP contribution is 2.32. The number of aryl methyl sites for hydroxylation is 1. The van der Waals surface area contributed by atoms with Gasteiger partial charge >= 0.3 is 0 Å². The molecule has 0 atom stereocenters. The first-order valence-electron chi connectivity index (χ1n) is 7.37. The molecule has 0 saturated heterocycles. The van der Waals surface area contributed by atoms with Gasteiger partial charge in [-0.2, -0.15) is 0 Å². The number of fused-ring (bicyclic) bond motifs is 1. The van der Waals surface area contributed by atoms with Crippen LogP contribution in [0.3, 0.4) is 0 Å². The lowest BCUT2D eigenvalue weighted by molar-refractivity contribution is 0.584. The van der Waals surface area contributed by atoms with Gasteiger partial charge in [-0.3, -0.25) is 0 Å². The fourth-order valence-electron chi connectivity index (χ4n) is 2.72. The Bertz CT molecular complexity index is 864. The van der Waals surface area contributed by atoms with Crippen molar-refractivity contribution in [2.75, 3.05) is 0 Å². The third-order valence-electron chi connectivity index (χ3n) is 3.85. The van der Waals surface area contributed by atoms with Gasteiger partial charge in [-0.25, -0.2) is 13.2 Å². The molecule has 0 spiro atoms. The van der Waals surface area contributed by atoms with Crippen LogP contribution in [0.4, 0.5) is 13.2 Å². The fourth-order valence-corrected chi connectivity index (χ4v) is 2.83. The molecule has 3 aromatic rings. The average molecular weight is 335 g/mol. The van der Waals surface area contributed by atoms with Gasteiger partial charge in [-0.05, 0) is 35.1 Å². The number of benzene rings is 3. The monoisotopic (exact) mass is 334 g/mol. The molecule has 0 unspecified atom stereocenters. The predicted molar refractivity (Wildman–Crippen MR) is 88.3 cm³/mol. The standard InChI is InChI=1S/C19H14ClF3/c1-2-3-11-4-6-14-12(8-11)5-7-15(19(14)23)13-9-16(21)18(20)17(22)10-13/h4-10H,2-3H2,1H3. The van der Waals surface area contributed by atoms with Crippen molar-refractivity contribution in [3.05, 3.63) is 70.5 Å². The van der Waals surface area contributed by atoms with Gasteiger partial charge in [0.05, 0.1) is 0 Å². The van der Waals surface area contributed by atoms with Crippen LogP contribution in [0.25, 0.3) is 21.9 Å². The highest BCUT2D eigenvalue weighted by molar-refractivity contribution is 6.31. The molecule has 23 heavy (non-hydrogen) atoms. The van der Waals surface area contributed by atoms with Crippen LogP contribution in [-0.2, 0) is 6.42 Å². The van der Waals surface area contributed by atoms with E-state index in [1.165, 1.54) is 6.07 Å². The van der Waals surface area contributed by atoms with Gasteiger partial charge in [0.1, 0.15) is 22.5 Å². The summed E-state index contributed by atoms with van der Waals surface area (Å²) in [6, 6.07) is 10.9. The van der Waals surface area contributed by atoms with E-state index >= 15 is 0 Å². The van der Waals surface area contributed by atoms with E-state index in [1.54, 1.807) is 12.1 Å². The summed E-state index contributed by atoms with van der Waals surface area (Å²) in [5.74, 6) is -2.30. The van der Waals surface area contributed by atoms with Gasteiger partial charge < -0.3 is 0 Å². The SMILES string of the molecule is CCCc1ccc2c(F)c(-c3cc(F)c(Cl)c(F)c3)ccc2c1. The Balaban J connectivity index is 2.16. The predicted octanol–water partition coefficient (Wildman–Crippen LogP) is 6.53. The summed E-state index contributed by atoms with van der Waals surface area (Å²) in [6.07, 6.45) is 1.93. The second-order valence-corrected chi connectivity index (χ2v) is 5.86. The summed E-state index contributed by atoms with van der Waals surface area (Å²) in [7, 11) is 0. The van der Waals surface area contributed by atoms with E-state index in [0.717, 1.165) is 35.9 Å². The summed E-state index contributed by atoms with van der Waals surface area (Å²) in [5, 5.41) is 0.615. The van der Waals surface area contributed by atoms with Crippen LogP contribution in [0.5, 0.6) is 0 Å². The van der Waals surface area contributed by atoms with Crippen LogP contribution in [0.15, 0.2) is 42.5 Å². The van der Waals surface area contributed by atoms with E-state index < -0.39 is 22.5 Å². The molecule has 0 nitrogen and oxygen atoms in total. The van der Waals surface area contributed by atoms with E-state index in [4.69, 9.17) is 11.6 Å². The van der Waals surface area contributed by atoms with Gasteiger partial charge in [0.2, 0.25) is 0 Å². The van der Waals surface area contributed by atoms with Crippen molar-refractivity contribution in [2.24, 2.45) is 0 Å². The van der Waals surface area contributed by atoms with Crippen LogP contribution >= 0.6 is 11.6 Å². The molecule has 0 amide bonds. The minimum absolute atomic E-state index is 0.126. The average Bonchev–Trinajstić information content (AvgIpc) is 2.53. The summed E-state index contributed by atoms with van der Waals surface area (Å²) in [4.78, 5) is 0. The van der Waals surface area contributed by atoms with Gasteiger partial charge in [0, 0.05) is 10.9 Å². The lowest BCUT2D eigenvalue weighted by Crippen LogP contribution is -1.92. The Morgan fingerprint density at radius 2 is 1.61 bits per heavy atom. The Hall–Kier alpha value is -2.00. The van der Waals surface area contributed by atoms with Crippen molar-refractivity contribution in [3.63, 3.8) is 0 Å². The summed E-state index contributed by atoms with van der Waals surface area (Å²) in [6.45, 7) is 2.08. The maximum Gasteiger partial charge on any atom is 0.145 e. The van der Waals surface area contributed by atoms with Crippen LogP contribution in [-0.4, -0.2) is 0 Å². The van der Waals surface area contributed by atoms with Crippen molar-refractivity contribution in [3.8, 4) is 11.1 Å². The molecule has 0 heterocycles. The van der Waals surface area contributed by atoms with Gasteiger partial charge in [0.15, 0.2) is 0 Å². The molecule has 0 aliphatic rings. The molecule has 0 fully saturated rings. The molecule has 0 radical (unpaired) electrons. The number of hydrogen-bond donors (Lipinski definition) is 0. The molecule has 3 rings (SSSR count). The molecular formula is C19H14ClF3. The first-order valence-corrected chi connectivity index (χ1v) is 7.75. The number of hydrogen-bond acceptors (Lipinski definition) is 0. The van der Waals surface area contributed by atoms with Gasteiger partial charge in [-0.15, -0.1) is 0 Å². The van der Waals surface area contributed by atoms with Crippen LogP contribution in [0.2, 0.25) is 5.02 Å². The van der Waals surface area contributed by atoms with Crippen molar-refractivity contribution in [1.82, 2.24) is 0 Å². The largest absolute Gasteiger partial charge is 0.206 e. The second kappa shape index (κ2) is 6.25. The molecule has 118 valence electrons. The number of rotatable bonds is 3. The topological polar surface area (TPSA) is 0 Å². The Labute approximate surface area is 137 Å². The van der Waals surface area contributed by atoms with E-state index in [-0.39, 0.29) is 11.1 Å². The van der Waals surface area contributed by atoms with E-state index in [1.807, 2.05) is 12.1 Å². The van der Waals surface area contributed by atoms with E-state index in [0.29, 0.717) is 5.39 Å². The molecule has 0 saturated carbocycles. The van der Waals surface area contributed by atoms with Crippen molar-refractivity contribution < 1.29 is 13.2 Å². The van der Waals surface area contributed by atoms with Crippen molar-refractivity contribution in [1.29, 1.82) is 0 Å². The minimum atomic E-state index is -0.903. The Morgan fingerprint density at radius 1 is 0.913 bits per heavy atom. The minimum Gasteiger partial charge on any atom is -0.206 e. The van der Waals surface area contributed by atoms with Crippen LogP contribution in [0.1, 0.15) is 18.9 Å². The van der Waals surface area contributed by atoms with E-state index in [9.17, 15) is 13.2 Å². The van der Waals surface area contributed by atoms with Gasteiger partial charge in [-0.1, -0.05) is 55.3 Å². The summed E-state index contributed by atoms with van der Waals surface area (Å²) < 4.78 is 42.0. The molecule has 4 heteroatoms. The normalized spacial score (nSPS) is 11.2. The maximum absolute atomic E-state index is 14.8. The summed E-state index contributed by atoms with van der Waals surface area (Å²) >= 11 is 5.48. The molecule has 0 bridgehead atoms. The molecular weight excluding hydrogens is 321 g/mol. The Kier molecular flexibility index (Phi) is 4.31. The van der Waals surface area contributed by atoms with Gasteiger partial charge in [0.25, 0.3) is 0 Å². The quantitative estimate of drug-likeness (QED) is 0.478. The zero-order valence-electron chi connectivity index (χ0n) is 12.5. The summed E-state index contributed by atoms with van der Waals surface area (Å²) in [5.41, 5.74) is 1.41. The first kappa shape index (κ1) is 15.9. The smallest absolute Gasteiger partial charge is 0.145 e. The molecule has 3 aromatic carbocycles. The Morgan fingerprint density at radius 3 is 2.26 bits per heavy atom. The molecule has 0 aromatic heterocycles. The first-order chi connectivity index (χ1) is 11.0. The highest BCUT2D eigenvalue weighted by atomic mass is 35.5. The third-order valence-corrected chi connectivity index (χ3v) is 4.21. The lowest BCUT2D eigenvalue weighted by Gasteiger charge is -2.09. The van der Waals surface area contributed by atoms with Crippen molar-refractivity contribution in [2.45, 2.75) is 19.8 Å². The number of halogens is 4. The van der Waals surface area contributed by atoms with Crippen LogP contribution < -0.4 is 0 Å². The fraction of sp³-hybridized carbons (Fsp3) is 0.158. The second-order valence-electron chi connectivity index (χ2n) is 5.49. The van der Waals surface area contributed by atoms with Crippen molar-refractivity contribution >= 4 is 22.4 Å².